The number of hydrogen-bond donors (Lipinski definition) is 6. The van der Waals surface area contributed by atoms with E-state index in [0.717, 1.165) is 103 Å². The minimum Gasteiger partial charge on any atom is -0.454 e. The van der Waals surface area contributed by atoms with Crippen molar-refractivity contribution in [3.63, 3.8) is 0 Å². The van der Waals surface area contributed by atoms with Gasteiger partial charge in [0, 0.05) is 6.42 Å². The molecule has 8 unspecified atom stereocenters. The van der Waals surface area contributed by atoms with Crippen molar-refractivity contribution in [3.8, 4) is 0 Å². The lowest BCUT2D eigenvalue weighted by Crippen LogP contribution is -2.61. The van der Waals surface area contributed by atoms with Crippen molar-refractivity contribution >= 4 is 11.9 Å². The van der Waals surface area contributed by atoms with E-state index in [2.05, 4.69) is 111 Å². The first-order valence-corrected chi connectivity index (χ1v) is 33.0. The van der Waals surface area contributed by atoms with Crippen molar-refractivity contribution < 1.29 is 49.3 Å². The van der Waals surface area contributed by atoms with Gasteiger partial charge < -0.3 is 45.1 Å². The highest BCUT2D eigenvalue weighted by Gasteiger charge is 2.47. The number of hydrogen-bond acceptors (Lipinski definition) is 10. The third-order valence-corrected chi connectivity index (χ3v) is 15.0. The fraction of sp³-hybridized carbons (Fsp3) is 0.743. The van der Waals surface area contributed by atoms with Crippen molar-refractivity contribution in [1.29, 1.82) is 0 Å². The standard InChI is InChI=1S/C70H121NO10/c1-4-7-10-13-16-19-22-25-26-27-28-29-30-31-32-33-34-35-36-37-38-40-43-46-49-52-55-58-65(75)81-68-67(77)66(76)64(59-72)80-70(68)79-60-61(62(73)56-53-50-47-44-41-24-21-18-15-12-9-6-3)71-69(78)63(74)57-54-51-48-45-42-39-23-20-17-14-11-8-5-2/h8,11,16-17,19-20,25-26,28-29,31-32,39,42,53,56,61-64,66-68,70,72-74,76-77H,4-7,9-10,12-15,18,21-24,27,30,33-38,40-41,43-52,54-55,57-60H2,1-3H3,(H,71,78)/b11-8+,19-16-,20-17+,26-25-,29-28-,32-31-,42-39+,56-53+. The number of amides is 1. The van der Waals surface area contributed by atoms with Crippen LogP contribution in [0, 0.1) is 0 Å². The smallest absolute Gasteiger partial charge is 0.306 e. The molecule has 0 radical (unpaired) electrons. The predicted molar refractivity (Wildman–Crippen MR) is 338 cm³/mol. The van der Waals surface area contributed by atoms with Crippen LogP contribution in [0.2, 0.25) is 0 Å². The highest BCUT2D eigenvalue weighted by molar-refractivity contribution is 5.80. The number of nitrogens with one attached hydrogen (secondary N) is 1. The molecule has 0 bridgehead atoms. The Balaban J connectivity index is 2.58. The van der Waals surface area contributed by atoms with Gasteiger partial charge in [0.15, 0.2) is 12.4 Å². The van der Waals surface area contributed by atoms with Gasteiger partial charge in [-0.3, -0.25) is 9.59 Å². The van der Waals surface area contributed by atoms with Crippen molar-refractivity contribution in [1.82, 2.24) is 5.32 Å². The Kier molecular flexibility index (Phi) is 53.2. The predicted octanol–water partition coefficient (Wildman–Crippen LogP) is 16.3. The Labute approximate surface area is 495 Å². The summed E-state index contributed by atoms with van der Waals surface area (Å²) in [5.41, 5.74) is 0. The first-order valence-electron chi connectivity index (χ1n) is 33.0. The first-order chi connectivity index (χ1) is 39.7. The second-order valence-corrected chi connectivity index (χ2v) is 22.5. The summed E-state index contributed by atoms with van der Waals surface area (Å²) in [5.74, 6) is -1.22. The monoisotopic (exact) mass is 1140 g/mol. The number of aliphatic hydroxyl groups excluding tert-OH is 5. The molecule has 11 heteroatoms. The number of ether oxygens (including phenoxy) is 3. The van der Waals surface area contributed by atoms with Crippen LogP contribution in [-0.2, 0) is 23.8 Å². The van der Waals surface area contributed by atoms with Gasteiger partial charge in [-0.25, -0.2) is 0 Å². The van der Waals surface area contributed by atoms with Gasteiger partial charge >= 0.3 is 5.97 Å². The zero-order valence-corrected chi connectivity index (χ0v) is 51.6. The molecule has 1 amide bonds. The molecule has 1 rings (SSSR count). The van der Waals surface area contributed by atoms with Crippen molar-refractivity contribution in [3.05, 3.63) is 97.2 Å². The SMILES string of the molecule is CC/C=C/C/C=C/C/C=C/CCCCCC(O)C(=O)NC(COC1OC(CO)C(O)C(O)C1OC(=O)CCCCCCCCCCCCC/C=C\C/C=C\C/C=C\C/C=C\CCCCC)C(O)/C=C/CCCCCCCCCCCC. The summed E-state index contributed by atoms with van der Waals surface area (Å²) in [5, 5.41) is 57.0. The lowest BCUT2D eigenvalue weighted by Gasteiger charge is -2.41. The van der Waals surface area contributed by atoms with E-state index < -0.39 is 67.4 Å². The van der Waals surface area contributed by atoms with Gasteiger partial charge in [-0.2, -0.15) is 0 Å². The van der Waals surface area contributed by atoms with E-state index in [1.807, 2.05) is 6.08 Å². The van der Waals surface area contributed by atoms with Crippen molar-refractivity contribution in [2.45, 2.75) is 320 Å². The van der Waals surface area contributed by atoms with E-state index in [4.69, 9.17) is 14.2 Å². The quantitative estimate of drug-likeness (QED) is 0.0195. The van der Waals surface area contributed by atoms with E-state index in [-0.39, 0.29) is 19.4 Å². The van der Waals surface area contributed by atoms with Gasteiger partial charge in [-0.1, -0.05) is 259 Å². The van der Waals surface area contributed by atoms with Gasteiger partial charge in [-0.15, -0.1) is 0 Å². The fourth-order valence-electron chi connectivity index (χ4n) is 9.77. The van der Waals surface area contributed by atoms with E-state index in [0.29, 0.717) is 12.8 Å². The molecular formula is C70H121NO10. The largest absolute Gasteiger partial charge is 0.454 e. The second kappa shape index (κ2) is 57.0. The average Bonchev–Trinajstić information content (AvgIpc) is 3.50. The number of carbonyl (C=O) groups is 2. The Morgan fingerprint density at radius 1 is 0.494 bits per heavy atom. The number of allylic oxidation sites excluding steroid dienone is 15. The molecule has 466 valence electrons. The summed E-state index contributed by atoms with van der Waals surface area (Å²) < 4.78 is 17.6. The van der Waals surface area contributed by atoms with Crippen LogP contribution in [0.4, 0.5) is 0 Å². The molecule has 81 heavy (non-hydrogen) atoms. The van der Waals surface area contributed by atoms with Crippen LogP contribution in [0.15, 0.2) is 97.2 Å². The number of unbranched alkanes of at least 4 members (excludes halogenated alkanes) is 27. The van der Waals surface area contributed by atoms with Gasteiger partial charge in [0.2, 0.25) is 5.91 Å². The summed E-state index contributed by atoms with van der Waals surface area (Å²) in [7, 11) is 0. The molecule has 6 N–H and O–H groups in total. The molecule has 0 aromatic heterocycles. The van der Waals surface area contributed by atoms with Gasteiger partial charge in [-0.05, 0) is 103 Å². The normalized spacial score (nSPS) is 19.3. The third-order valence-electron chi connectivity index (χ3n) is 15.0. The molecule has 8 atom stereocenters. The molecule has 1 saturated heterocycles. The molecule has 1 aliphatic rings. The van der Waals surface area contributed by atoms with E-state index in [9.17, 15) is 35.1 Å². The Hall–Kier alpha value is -3.42. The van der Waals surface area contributed by atoms with Crippen LogP contribution in [0.1, 0.15) is 271 Å². The molecule has 0 aromatic carbocycles. The van der Waals surface area contributed by atoms with Gasteiger partial charge in [0.05, 0.1) is 25.4 Å². The van der Waals surface area contributed by atoms with E-state index in [1.165, 1.54) is 122 Å². The zero-order chi connectivity index (χ0) is 58.9. The van der Waals surface area contributed by atoms with Crippen LogP contribution in [-0.4, -0.2) is 99.6 Å². The molecule has 0 saturated carbocycles. The van der Waals surface area contributed by atoms with E-state index >= 15 is 0 Å². The van der Waals surface area contributed by atoms with Crippen molar-refractivity contribution in [2.24, 2.45) is 0 Å². The minimum absolute atomic E-state index is 0.112. The highest BCUT2D eigenvalue weighted by Crippen LogP contribution is 2.26. The highest BCUT2D eigenvalue weighted by atomic mass is 16.7. The van der Waals surface area contributed by atoms with Gasteiger partial charge in [0.1, 0.15) is 24.4 Å². The second-order valence-electron chi connectivity index (χ2n) is 22.5. The number of aliphatic hydroxyl groups is 5. The molecule has 11 nitrogen and oxygen atoms in total. The first kappa shape index (κ1) is 75.6. The molecule has 1 fully saturated rings. The maximum absolute atomic E-state index is 13.4. The third kappa shape index (κ3) is 44.7. The zero-order valence-electron chi connectivity index (χ0n) is 51.6. The summed E-state index contributed by atoms with van der Waals surface area (Å²) in [6.07, 6.45) is 66.0. The molecule has 0 spiro atoms. The summed E-state index contributed by atoms with van der Waals surface area (Å²) in [4.78, 5) is 26.6. The van der Waals surface area contributed by atoms with Gasteiger partial charge in [0.25, 0.3) is 0 Å². The molecular weight excluding hydrogens is 1010 g/mol. The lowest BCUT2D eigenvalue weighted by molar-refractivity contribution is -0.305. The average molecular weight is 1140 g/mol. The Morgan fingerprint density at radius 2 is 0.889 bits per heavy atom. The molecule has 1 aliphatic heterocycles. The van der Waals surface area contributed by atoms with Crippen LogP contribution in [0.25, 0.3) is 0 Å². The van der Waals surface area contributed by atoms with E-state index in [1.54, 1.807) is 6.08 Å². The van der Waals surface area contributed by atoms with Crippen LogP contribution >= 0.6 is 0 Å². The maximum Gasteiger partial charge on any atom is 0.306 e. The molecule has 0 aromatic rings. The summed E-state index contributed by atoms with van der Waals surface area (Å²) in [6.45, 7) is 5.63. The lowest BCUT2D eigenvalue weighted by atomic mass is 9.99. The molecule has 1 heterocycles. The van der Waals surface area contributed by atoms with Crippen molar-refractivity contribution in [2.75, 3.05) is 13.2 Å². The number of esters is 1. The number of carbonyl (C=O) groups excluding carboxylic acids is 2. The number of rotatable bonds is 55. The van der Waals surface area contributed by atoms with Crippen LogP contribution < -0.4 is 5.32 Å². The Bertz CT molecular complexity index is 1690. The summed E-state index contributed by atoms with van der Waals surface area (Å²) in [6, 6.07) is -1.04. The topological polar surface area (TPSA) is 175 Å². The maximum atomic E-state index is 13.4. The Morgan fingerprint density at radius 3 is 1.36 bits per heavy atom. The van der Waals surface area contributed by atoms with Crippen LogP contribution in [0.3, 0.4) is 0 Å². The minimum atomic E-state index is -1.62. The fourth-order valence-corrected chi connectivity index (χ4v) is 9.77. The van der Waals surface area contributed by atoms with Crippen LogP contribution in [0.5, 0.6) is 0 Å². The summed E-state index contributed by atoms with van der Waals surface area (Å²) >= 11 is 0. The molecule has 0 aliphatic carbocycles.